The van der Waals surface area contributed by atoms with Crippen molar-refractivity contribution in [1.29, 1.82) is 0 Å². The molecule has 1 aliphatic rings. The summed E-state index contributed by atoms with van der Waals surface area (Å²) < 4.78 is 5.87. The van der Waals surface area contributed by atoms with Gasteiger partial charge in [-0.1, -0.05) is 60.7 Å². The molecule has 1 aliphatic heterocycles. The molecule has 1 N–H and O–H groups in total. The lowest BCUT2D eigenvalue weighted by atomic mass is 9.99. The summed E-state index contributed by atoms with van der Waals surface area (Å²) in [5.74, 6) is 0. The third-order valence-corrected chi connectivity index (χ3v) is 5.01. The second-order valence-corrected chi connectivity index (χ2v) is 7.06. The number of ether oxygens (including phenoxy) is 1. The number of aromatic nitrogens is 2. The number of benzene rings is 2. The van der Waals surface area contributed by atoms with Crippen LogP contribution in [0, 0.1) is 0 Å². The minimum absolute atomic E-state index is 0.0926. The molecule has 29 heavy (non-hydrogen) atoms. The fourth-order valence-corrected chi connectivity index (χ4v) is 3.58. The number of amides is 2. The summed E-state index contributed by atoms with van der Waals surface area (Å²) in [5.41, 5.74) is 2.10. The topological polar surface area (TPSA) is 67.4 Å². The first kappa shape index (κ1) is 18.9. The summed E-state index contributed by atoms with van der Waals surface area (Å²) in [4.78, 5) is 23.1. The smallest absolute Gasteiger partial charge is 0.318 e. The Morgan fingerprint density at radius 2 is 1.59 bits per heavy atom. The third kappa shape index (κ3) is 4.90. The van der Waals surface area contributed by atoms with Gasteiger partial charge in [-0.15, -0.1) is 0 Å². The molecule has 0 bridgehead atoms. The summed E-state index contributed by atoms with van der Waals surface area (Å²) >= 11 is 0. The number of rotatable bonds is 5. The van der Waals surface area contributed by atoms with Crippen LogP contribution in [0.3, 0.4) is 0 Å². The molecule has 1 fully saturated rings. The SMILES string of the molecule is O=C(NC(c1ccccc1)c1ccccc1)N1CCC[C@@H](Oc2ncccn2)C1. The maximum absolute atomic E-state index is 13.1. The van der Waals surface area contributed by atoms with Gasteiger partial charge in [-0.25, -0.2) is 14.8 Å². The molecule has 3 aromatic rings. The highest BCUT2D eigenvalue weighted by Crippen LogP contribution is 2.23. The van der Waals surface area contributed by atoms with Crippen molar-refractivity contribution in [2.45, 2.75) is 25.0 Å². The largest absolute Gasteiger partial charge is 0.458 e. The predicted molar refractivity (Wildman–Crippen MR) is 111 cm³/mol. The first-order valence-corrected chi connectivity index (χ1v) is 9.88. The summed E-state index contributed by atoms with van der Waals surface area (Å²) in [6, 6.07) is 21.9. The first-order valence-electron chi connectivity index (χ1n) is 9.88. The Balaban J connectivity index is 1.46. The number of nitrogens with zero attached hydrogens (tertiary/aromatic N) is 3. The molecular formula is C23H24N4O2. The maximum atomic E-state index is 13.1. The third-order valence-electron chi connectivity index (χ3n) is 5.01. The zero-order valence-corrected chi connectivity index (χ0v) is 16.1. The monoisotopic (exact) mass is 388 g/mol. The van der Waals surface area contributed by atoms with E-state index in [2.05, 4.69) is 15.3 Å². The lowest BCUT2D eigenvalue weighted by Gasteiger charge is -2.33. The van der Waals surface area contributed by atoms with E-state index in [4.69, 9.17) is 4.74 Å². The highest BCUT2D eigenvalue weighted by atomic mass is 16.5. The molecule has 2 amide bonds. The minimum atomic E-state index is -0.205. The molecule has 0 saturated carbocycles. The van der Waals surface area contributed by atoms with E-state index in [1.54, 1.807) is 18.5 Å². The quantitative estimate of drug-likeness (QED) is 0.722. The molecule has 0 aliphatic carbocycles. The van der Waals surface area contributed by atoms with Crippen LogP contribution in [0.2, 0.25) is 0 Å². The van der Waals surface area contributed by atoms with Gasteiger partial charge in [0.25, 0.3) is 0 Å². The van der Waals surface area contributed by atoms with Gasteiger partial charge in [0.1, 0.15) is 6.10 Å². The second-order valence-electron chi connectivity index (χ2n) is 7.06. The number of hydrogen-bond acceptors (Lipinski definition) is 4. The van der Waals surface area contributed by atoms with Gasteiger partial charge in [0, 0.05) is 18.9 Å². The van der Waals surface area contributed by atoms with Crippen LogP contribution in [-0.2, 0) is 0 Å². The number of nitrogens with one attached hydrogen (secondary N) is 1. The maximum Gasteiger partial charge on any atom is 0.318 e. The van der Waals surface area contributed by atoms with Crippen LogP contribution in [0.1, 0.15) is 30.0 Å². The van der Waals surface area contributed by atoms with Crippen molar-refractivity contribution in [2.24, 2.45) is 0 Å². The van der Waals surface area contributed by atoms with Gasteiger partial charge >= 0.3 is 12.0 Å². The molecule has 0 spiro atoms. The first-order chi connectivity index (χ1) is 14.3. The minimum Gasteiger partial charge on any atom is -0.458 e. The standard InChI is InChI=1S/C23H24N4O2/c28-23(27-16-7-13-20(17-27)29-22-24-14-8-15-25-22)26-21(18-9-3-1-4-10-18)19-11-5-2-6-12-19/h1-6,8-12,14-15,20-21H,7,13,16-17H2,(H,26,28)/t20-/m1/s1. The van der Waals surface area contributed by atoms with Crippen LogP contribution >= 0.6 is 0 Å². The van der Waals surface area contributed by atoms with Gasteiger partial charge in [-0.05, 0) is 30.0 Å². The summed E-state index contributed by atoms with van der Waals surface area (Å²) in [6.45, 7) is 1.22. The van der Waals surface area contributed by atoms with Crippen LogP contribution in [0.4, 0.5) is 4.79 Å². The number of hydrogen-bond donors (Lipinski definition) is 1. The summed E-state index contributed by atoms with van der Waals surface area (Å²) in [7, 11) is 0. The number of urea groups is 1. The molecule has 148 valence electrons. The van der Waals surface area contributed by atoms with Crippen molar-refractivity contribution in [3.63, 3.8) is 0 Å². The van der Waals surface area contributed by atoms with Crippen LogP contribution < -0.4 is 10.1 Å². The molecule has 2 heterocycles. The molecule has 1 aromatic heterocycles. The Labute approximate surface area is 170 Å². The average molecular weight is 388 g/mol. The molecule has 1 atom stereocenters. The fraction of sp³-hybridized carbons (Fsp3) is 0.261. The fourth-order valence-electron chi connectivity index (χ4n) is 3.58. The van der Waals surface area contributed by atoms with Gasteiger partial charge in [0.05, 0.1) is 12.6 Å². The normalized spacial score (nSPS) is 16.4. The second kappa shape index (κ2) is 9.19. The Bertz CT molecular complexity index is 866. The molecule has 2 aromatic carbocycles. The molecule has 1 saturated heterocycles. The molecule has 6 heteroatoms. The van der Waals surface area contributed by atoms with Crippen LogP contribution in [0.5, 0.6) is 6.01 Å². The van der Waals surface area contributed by atoms with E-state index in [1.807, 2.05) is 65.6 Å². The summed E-state index contributed by atoms with van der Waals surface area (Å²) in [6.07, 6.45) is 4.96. The van der Waals surface area contributed by atoms with E-state index in [9.17, 15) is 4.79 Å². The van der Waals surface area contributed by atoms with Crippen molar-refractivity contribution in [3.8, 4) is 6.01 Å². The zero-order valence-electron chi connectivity index (χ0n) is 16.1. The Morgan fingerprint density at radius 1 is 0.966 bits per heavy atom. The van der Waals surface area contributed by atoms with Crippen molar-refractivity contribution in [2.75, 3.05) is 13.1 Å². The van der Waals surface area contributed by atoms with E-state index in [1.165, 1.54) is 0 Å². The lowest BCUT2D eigenvalue weighted by Crippen LogP contribution is -2.49. The van der Waals surface area contributed by atoms with E-state index >= 15 is 0 Å². The van der Waals surface area contributed by atoms with Crippen molar-refractivity contribution in [3.05, 3.63) is 90.3 Å². The van der Waals surface area contributed by atoms with E-state index in [-0.39, 0.29) is 18.2 Å². The predicted octanol–water partition coefficient (Wildman–Crippen LogP) is 3.82. The average Bonchev–Trinajstić information content (AvgIpc) is 2.79. The molecule has 0 unspecified atom stereocenters. The van der Waals surface area contributed by atoms with E-state index in [0.717, 1.165) is 24.0 Å². The van der Waals surface area contributed by atoms with Crippen LogP contribution in [-0.4, -0.2) is 40.1 Å². The number of piperidine rings is 1. The van der Waals surface area contributed by atoms with Gasteiger partial charge in [0.15, 0.2) is 0 Å². The molecule has 0 radical (unpaired) electrons. The molecule has 4 rings (SSSR count). The zero-order chi connectivity index (χ0) is 19.9. The van der Waals surface area contributed by atoms with Gasteiger partial charge in [0.2, 0.25) is 0 Å². The van der Waals surface area contributed by atoms with Crippen LogP contribution in [0.25, 0.3) is 0 Å². The van der Waals surface area contributed by atoms with E-state index < -0.39 is 0 Å². The molecule has 6 nitrogen and oxygen atoms in total. The Kier molecular flexibility index (Phi) is 6.00. The Hall–Kier alpha value is -3.41. The summed E-state index contributed by atoms with van der Waals surface area (Å²) in [5, 5.41) is 3.20. The van der Waals surface area contributed by atoms with Gasteiger partial charge < -0.3 is 15.0 Å². The van der Waals surface area contributed by atoms with Gasteiger partial charge in [-0.2, -0.15) is 0 Å². The number of carbonyl (C=O) groups is 1. The highest BCUT2D eigenvalue weighted by molar-refractivity contribution is 5.75. The van der Waals surface area contributed by atoms with Crippen molar-refractivity contribution >= 4 is 6.03 Å². The van der Waals surface area contributed by atoms with Crippen molar-refractivity contribution in [1.82, 2.24) is 20.2 Å². The number of likely N-dealkylation sites (tertiary alicyclic amines) is 1. The lowest BCUT2D eigenvalue weighted by molar-refractivity contribution is 0.0932. The van der Waals surface area contributed by atoms with Gasteiger partial charge in [-0.3, -0.25) is 0 Å². The van der Waals surface area contributed by atoms with Crippen LogP contribution in [0.15, 0.2) is 79.1 Å². The highest BCUT2D eigenvalue weighted by Gasteiger charge is 2.27. The Morgan fingerprint density at radius 3 is 2.21 bits per heavy atom. The molecular weight excluding hydrogens is 364 g/mol. The number of carbonyl (C=O) groups excluding carboxylic acids is 1. The van der Waals surface area contributed by atoms with E-state index in [0.29, 0.717) is 19.1 Å². The van der Waals surface area contributed by atoms with Crippen molar-refractivity contribution < 1.29 is 9.53 Å².